The van der Waals surface area contributed by atoms with E-state index in [1.807, 2.05) is 0 Å². The van der Waals surface area contributed by atoms with Crippen LogP contribution in [0.3, 0.4) is 0 Å². The zero-order chi connectivity index (χ0) is 8.70. The molecule has 0 unspecified atom stereocenters. The molecular formula is C4H8F2N2O2S. The lowest BCUT2D eigenvalue weighted by Crippen LogP contribution is -2.44. The Morgan fingerprint density at radius 1 is 1.45 bits per heavy atom. The van der Waals surface area contributed by atoms with Gasteiger partial charge in [-0.1, -0.05) is 0 Å². The van der Waals surface area contributed by atoms with E-state index >= 15 is 0 Å². The first kappa shape index (κ1) is 8.82. The van der Waals surface area contributed by atoms with Crippen LogP contribution >= 0.6 is 0 Å². The average molecular weight is 186 g/mol. The lowest BCUT2D eigenvalue weighted by Gasteiger charge is -2.19. The van der Waals surface area contributed by atoms with E-state index in [9.17, 15) is 17.2 Å². The second-order valence-electron chi connectivity index (χ2n) is 2.39. The van der Waals surface area contributed by atoms with Crippen LogP contribution in [0.15, 0.2) is 0 Å². The number of rotatable bonds is 1. The summed E-state index contributed by atoms with van der Waals surface area (Å²) in [6.45, 7) is -0.189. The molecule has 1 fully saturated rings. The van der Waals surface area contributed by atoms with Crippen LogP contribution in [0.1, 0.15) is 12.8 Å². The Morgan fingerprint density at radius 3 is 2.18 bits per heavy atom. The topological polar surface area (TPSA) is 63.4 Å². The largest absolute Gasteiger partial charge is 0.318 e. The number of nitrogens with zero attached hydrogens (tertiary/aromatic N) is 1. The van der Waals surface area contributed by atoms with E-state index in [-0.39, 0.29) is 17.3 Å². The SMILES string of the molecule is NS(=O)(=O)N1CCCC1(F)F. The van der Waals surface area contributed by atoms with Crippen LogP contribution in [0.4, 0.5) is 8.78 Å². The van der Waals surface area contributed by atoms with Crippen molar-refractivity contribution in [3.8, 4) is 0 Å². The van der Waals surface area contributed by atoms with Gasteiger partial charge >= 0.3 is 6.05 Å². The Bertz CT molecular complexity index is 251. The molecule has 0 saturated carbocycles. The highest BCUT2D eigenvalue weighted by Gasteiger charge is 2.47. The Morgan fingerprint density at radius 2 is 2.00 bits per heavy atom. The molecule has 0 aromatic carbocycles. The van der Waals surface area contributed by atoms with Gasteiger partial charge in [-0.15, -0.1) is 4.31 Å². The van der Waals surface area contributed by atoms with Gasteiger partial charge in [-0.05, 0) is 6.42 Å². The van der Waals surface area contributed by atoms with Crippen LogP contribution in [0, 0.1) is 0 Å². The second-order valence-corrected chi connectivity index (χ2v) is 3.86. The Kier molecular flexibility index (Phi) is 1.89. The first-order chi connectivity index (χ1) is 4.84. The second kappa shape index (κ2) is 2.36. The molecule has 0 bridgehead atoms. The lowest BCUT2D eigenvalue weighted by molar-refractivity contribution is -0.0740. The van der Waals surface area contributed by atoms with Gasteiger partial charge in [0.2, 0.25) is 0 Å². The van der Waals surface area contributed by atoms with Crippen LogP contribution in [-0.4, -0.2) is 25.3 Å². The maximum Gasteiger partial charge on any atom is 0.318 e. The number of hydrogen-bond acceptors (Lipinski definition) is 2. The molecule has 1 aliphatic rings. The molecule has 66 valence electrons. The highest BCUT2D eigenvalue weighted by Crippen LogP contribution is 2.33. The first-order valence-electron chi connectivity index (χ1n) is 3.02. The molecule has 1 rings (SSSR count). The zero-order valence-corrected chi connectivity index (χ0v) is 6.44. The van der Waals surface area contributed by atoms with Crippen molar-refractivity contribution in [2.45, 2.75) is 18.9 Å². The van der Waals surface area contributed by atoms with Crippen molar-refractivity contribution in [1.29, 1.82) is 0 Å². The summed E-state index contributed by atoms with van der Waals surface area (Å²) >= 11 is 0. The monoisotopic (exact) mass is 186 g/mol. The quantitative estimate of drug-likeness (QED) is 0.580. The predicted octanol–water partition coefficient (Wildman–Crippen LogP) is -0.121. The van der Waals surface area contributed by atoms with Gasteiger partial charge in [0.05, 0.1) is 0 Å². The normalized spacial score (nSPS) is 25.7. The maximum atomic E-state index is 12.6. The fourth-order valence-electron chi connectivity index (χ4n) is 1.04. The molecule has 1 aliphatic heterocycles. The summed E-state index contributed by atoms with van der Waals surface area (Å²) in [5.41, 5.74) is 0. The van der Waals surface area contributed by atoms with Crippen LogP contribution in [0.5, 0.6) is 0 Å². The van der Waals surface area contributed by atoms with Gasteiger partial charge in [0.25, 0.3) is 10.2 Å². The summed E-state index contributed by atoms with van der Waals surface area (Å²) in [6, 6.07) is -3.28. The Balaban J connectivity index is 2.91. The highest BCUT2D eigenvalue weighted by atomic mass is 32.2. The van der Waals surface area contributed by atoms with Crippen molar-refractivity contribution >= 4 is 10.2 Å². The summed E-state index contributed by atoms with van der Waals surface area (Å²) in [5, 5.41) is 4.53. The first-order valence-corrected chi connectivity index (χ1v) is 4.53. The molecule has 2 N–H and O–H groups in total. The third-order valence-electron chi connectivity index (χ3n) is 1.51. The summed E-state index contributed by atoms with van der Waals surface area (Å²) in [4.78, 5) is 0. The molecule has 0 radical (unpaired) electrons. The van der Waals surface area contributed by atoms with E-state index in [2.05, 4.69) is 5.14 Å². The molecule has 0 aromatic heterocycles. The van der Waals surface area contributed by atoms with Crippen LogP contribution in [0.25, 0.3) is 0 Å². The summed E-state index contributed by atoms with van der Waals surface area (Å²) < 4.78 is 46.1. The van der Waals surface area contributed by atoms with E-state index in [1.54, 1.807) is 0 Å². The lowest BCUT2D eigenvalue weighted by atomic mass is 10.4. The molecule has 7 heteroatoms. The van der Waals surface area contributed by atoms with Crippen LogP contribution in [0.2, 0.25) is 0 Å². The van der Waals surface area contributed by atoms with Gasteiger partial charge in [-0.25, -0.2) is 5.14 Å². The van der Waals surface area contributed by atoms with Gasteiger partial charge in [-0.3, -0.25) is 0 Å². The van der Waals surface area contributed by atoms with Crippen molar-refractivity contribution in [3.63, 3.8) is 0 Å². The summed E-state index contributed by atoms with van der Waals surface area (Å²) in [6.07, 6.45) is -0.285. The minimum atomic E-state index is -4.23. The highest BCUT2D eigenvalue weighted by molar-refractivity contribution is 7.86. The molecule has 0 amide bonds. The molecule has 0 atom stereocenters. The fraction of sp³-hybridized carbons (Fsp3) is 1.00. The number of nitrogens with two attached hydrogens (primary N) is 1. The molecule has 0 aliphatic carbocycles. The van der Waals surface area contributed by atoms with Gasteiger partial charge in [0, 0.05) is 13.0 Å². The van der Waals surface area contributed by atoms with Crippen molar-refractivity contribution in [2.75, 3.05) is 6.54 Å². The van der Waals surface area contributed by atoms with Crippen molar-refractivity contribution in [2.24, 2.45) is 5.14 Å². The van der Waals surface area contributed by atoms with Gasteiger partial charge in [0.15, 0.2) is 0 Å². The van der Waals surface area contributed by atoms with Crippen molar-refractivity contribution in [1.82, 2.24) is 4.31 Å². The smallest absolute Gasteiger partial charge is 0.215 e. The number of alkyl halides is 2. The predicted molar refractivity (Wildman–Crippen MR) is 34.0 cm³/mol. The third-order valence-corrected chi connectivity index (χ3v) is 2.57. The van der Waals surface area contributed by atoms with Crippen molar-refractivity contribution in [3.05, 3.63) is 0 Å². The maximum absolute atomic E-state index is 12.6. The summed E-state index contributed by atoms with van der Waals surface area (Å²) in [7, 11) is -4.23. The average Bonchev–Trinajstić information content (AvgIpc) is 2.06. The molecule has 4 nitrogen and oxygen atoms in total. The molecule has 0 spiro atoms. The number of hydrogen-bond donors (Lipinski definition) is 1. The van der Waals surface area contributed by atoms with E-state index < -0.39 is 22.7 Å². The van der Waals surface area contributed by atoms with E-state index in [4.69, 9.17) is 0 Å². The third kappa shape index (κ3) is 1.66. The van der Waals surface area contributed by atoms with Gasteiger partial charge < -0.3 is 0 Å². The molecule has 0 aromatic rings. The van der Waals surface area contributed by atoms with Gasteiger partial charge in [0.1, 0.15) is 0 Å². The summed E-state index contributed by atoms with van der Waals surface area (Å²) in [5.74, 6) is 0. The van der Waals surface area contributed by atoms with E-state index in [1.165, 1.54) is 0 Å². The standard InChI is InChI=1S/C4H8F2N2O2S/c5-4(6)2-1-3-8(4)11(7,9)10/h1-3H2,(H2,7,9,10). The van der Waals surface area contributed by atoms with Gasteiger partial charge in [-0.2, -0.15) is 17.2 Å². The number of halogens is 2. The molecule has 11 heavy (non-hydrogen) atoms. The molecule has 1 saturated heterocycles. The fourth-order valence-corrected chi connectivity index (χ4v) is 1.88. The Labute approximate surface area is 63.2 Å². The van der Waals surface area contributed by atoms with E-state index in [0.717, 1.165) is 0 Å². The van der Waals surface area contributed by atoms with Crippen molar-refractivity contribution < 1.29 is 17.2 Å². The minimum Gasteiger partial charge on any atom is -0.215 e. The minimum absolute atomic E-state index is 0.0278. The molecular weight excluding hydrogens is 178 g/mol. The Hall–Kier alpha value is -0.270. The van der Waals surface area contributed by atoms with Crippen LogP contribution < -0.4 is 5.14 Å². The van der Waals surface area contributed by atoms with E-state index in [0.29, 0.717) is 0 Å². The zero-order valence-electron chi connectivity index (χ0n) is 5.63. The molecule has 1 heterocycles. The van der Waals surface area contributed by atoms with Crippen LogP contribution in [-0.2, 0) is 10.2 Å².